The number of aromatic nitrogens is 1. The van der Waals surface area contributed by atoms with Crippen molar-refractivity contribution in [3.8, 4) is 0 Å². The summed E-state index contributed by atoms with van der Waals surface area (Å²) in [6, 6.07) is 15.1. The molecule has 8 nitrogen and oxygen atoms in total. The first kappa shape index (κ1) is 26.5. The van der Waals surface area contributed by atoms with Crippen LogP contribution in [-0.2, 0) is 36.0 Å². The Morgan fingerprint density at radius 2 is 1.49 bits per heavy atom. The Bertz CT molecular complexity index is 1570. The third kappa shape index (κ3) is 4.03. The third-order valence-corrected chi connectivity index (χ3v) is 14.2. The van der Waals surface area contributed by atoms with E-state index < -0.39 is 20.0 Å². The summed E-state index contributed by atoms with van der Waals surface area (Å²) < 4.78 is 62.2. The molecule has 0 spiro atoms. The van der Waals surface area contributed by atoms with Crippen LogP contribution in [0.25, 0.3) is 0 Å². The number of nitrogens with zero attached hydrogens (tertiary/aromatic N) is 2. The number of esters is 1. The van der Waals surface area contributed by atoms with Crippen LogP contribution in [0, 0.1) is 23.2 Å². The fourth-order valence-corrected chi connectivity index (χ4v) is 12.3. The molecule has 5 unspecified atom stereocenters. The van der Waals surface area contributed by atoms with Crippen LogP contribution >= 0.6 is 11.3 Å². The molecule has 2 fully saturated rings. The molecule has 6 atom stereocenters. The van der Waals surface area contributed by atoms with Crippen molar-refractivity contribution in [1.82, 2.24) is 4.98 Å². The van der Waals surface area contributed by atoms with Crippen molar-refractivity contribution in [1.29, 1.82) is 0 Å². The van der Waals surface area contributed by atoms with E-state index in [1.165, 1.54) is 24.3 Å². The van der Waals surface area contributed by atoms with Crippen LogP contribution in [0.3, 0.4) is 0 Å². The molecule has 2 aromatic carbocycles. The standard InChI is InChI=1S/C28H30N2O6S3/c1-17-21-14-15-28(3)16-22-24(18(2)23(28)25(21)36-26(17)31)29-27(37-22)30(38(32,33)19-10-6-4-7-11-19)39(34,35)20-12-8-5-9-13-20/h4-13,17-18,21,23,25H,14-16H2,1-3H3/t17?,18?,21?,23?,25?,28-/m1/s1. The minimum absolute atomic E-state index is 0.0116. The molecule has 11 heteroatoms. The number of anilines is 1. The highest BCUT2D eigenvalue weighted by atomic mass is 32.3. The molecule has 3 aromatic rings. The maximum Gasteiger partial charge on any atom is 0.309 e. The number of rotatable bonds is 5. The molecule has 2 aliphatic carbocycles. The molecule has 3 aliphatic rings. The Kier molecular flexibility index (Phi) is 6.20. The van der Waals surface area contributed by atoms with Crippen molar-refractivity contribution in [3.05, 3.63) is 71.2 Å². The van der Waals surface area contributed by atoms with E-state index in [1.807, 2.05) is 13.8 Å². The second kappa shape index (κ2) is 9.14. The molecule has 6 rings (SSSR count). The van der Waals surface area contributed by atoms with Crippen molar-refractivity contribution in [2.75, 3.05) is 3.71 Å². The number of carbonyl (C=O) groups excluding carboxylic acids is 1. The third-order valence-electron chi connectivity index (χ3n) is 8.82. The highest BCUT2D eigenvalue weighted by molar-refractivity contribution is 8.10. The summed E-state index contributed by atoms with van der Waals surface area (Å²) >= 11 is 1.12. The van der Waals surface area contributed by atoms with E-state index in [0.29, 0.717) is 15.8 Å². The molecular weight excluding hydrogens is 557 g/mol. The zero-order valence-corrected chi connectivity index (χ0v) is 24.3. The number of fused-ring (bicyclic) bond motifs is 4. The van der Waals surface area contributed by atoms with E-state index in [-0.39, 0.29) is 56.1 Å². The average Bonchev–Trinajstić information content (AvgIpc) is 3.44. The quantitative estimate of drug-likeness (QED) is 0.388. The Labute approximate surface area is 233 Å². The maximum absolute atomic E-state index is 13.9. The monoisotopic (exact) mass is 586 g/mol. The van der Waals surface area contributed by atoms with E-state index >= 15 is 0 Å². The normalized spacial score (nSPS) is 30.1. The predicted molar refractivity (Wildman–Crippen MR) is 147 cm³/mol. The minimum Gasteiger partial charge on any atom is -0.461 e. The number of hydrogen-bond donors (Lipinski definition) is 0. The van der Waals surface area contributed by atoms with Gasteiger partial charge in [-0.25, -0.2) is 4.98 Å². The van der Waals surface area contributed by atoms with Gasteiger partial charge in [-0.1, -0.05) is 68.5 Å². The summed E-state index contributed by atoms with van der Waals surface area (Å²) in [5.74, 6) is -0.305. The minimum atomic E-state index is -4.52. The van der Waals surface area contributed by atoms with E-state index in [4.69, 9.17) is 9.72 Å². The zero-order valence-electron chi connectivity index (χ0n) is 21.9. The van der Waals surface area contributed by atoms with Gasteiger partial charge in [0.1, 0.15) is 6.10 Å². The summed E-state index contributed by atoms with van der Waals surface area (Å²) in [6.07, 6.45) is 2.19. The maximum atomic E-state index is 13.9. The molecule has 2 heterocycles. The summed E-state index contributed by atoms with van der Waals surface area (Å²) in [6.45, 7) is 6.16. The highest BCUT2D eigenvalue weighted by Gasteiger charge is 2.59. The number of ether oxygens (including phenoxy) is 1. The predicted octanol–water partition coefficient (Wildman–Crippen LogP) is 4.98. The Balaban J connectivity index is 1.49. The summed E-state index contributed by atoms with van der Waals surface area (Å²) in [7, 11) is -9.05. The van der Waals surface area contributed by atoms with Crippen LogP contribution in [0.2, 0.25) is 0 Å². The topological polar surface area (TPSA) is 111 Å². The van der Waals surface area contributed by atoms with E-state index in [9.17, 15) is 21.6 Å². The SMILES string of the molecule is CC1C(=O)OC2C1CC[C@]1(C)Cc3sc(N(S(=O)(=O)c4ccccc4)S(=O)(=O)c4ccccc4)nc3C(C)C21. The van der Waals surface area contributed by atoms with Gasteiger partial charge in [-0.15, -0.1) is 3.71 Å². The second-order valence-corrected chi connectivity index (χ2v) is 16.0. The van der Waals surface area contributed by atoms with Crippen molar-refractivity contribution >= 4 is 42.5 Å². The van der Waals surface area contributed by atoms with Crippen molar-refractivity contribution in [2.24, 2.45) is 23.2 Å². The number of benzene rings is 2. The first-order valence-corrected chi connectivity index (χ1v) is 16.8. The van der Waals surface area contributed by atoms with Gasteiger partial charge in [0, 0.05) is 22.6 Å². The van der Waals surface area contributed by atoms with Crippen LogP contribution in [0.15, 0.2) is 70.5 Å². The highest BCUT2D eigenvalue weighted by Crippen LogP contribution is 2.60. The molecule has 1 saturated carbocycles. The van der Waals surface area contributed by atoms with Gasteiger partial charge in [-0.2, -0.15) is 16.8 Å². The van der Waals surface area contributed by atoms with Crippen LogP contribution < -0.4 is 3.71 Å². The molecule has 1 aliphatic heterocycles. The molecule has 1 saturated heterocycles. The number of thiazole rings is 1. The first-order valence-electron chi connectivity index (χ1n) is 13.1. The summed E-state index contributed by atoms with van der Waals surface area (Å²) in [5.41, 5.74) is 0.508. The molecule has 39 heavy (non-hydrogen) atoms. The smallest absolute Gasteiger partial charge is 0.309 e. The van der Waals surface area contributed by atoms with Crippen molar-refractivity contribution in [2.45, 2.75) is 61.8 Å². The fraction of sp³-hybridized carbons (Fsp3) is 0.429. The van der Waals surface area contributed by atoms with E-state index in [1.54, 1.807) is 36.4 Å². The van der Waals surface area contributed by atoms with Crippen LogP contribution in [0.5, 0.6) is 0 Å². The number of hydrogen-bond acceptors (Lipinski definition) is 8. The molecular formula is C28H30N2O6S3. The van der Waals surface area contributed by atoms with Gasteiger partial charge in [0.2, 0.25) is 5.13 Å². The van der Waals surface area contributed by atoms with Crippen molar-refractivity contribution < 1.29 is 26.4 Å². The Morgan fingerprint density at radius 3 is 2.05 bits per heavy atom. The van der Waals surface area contributed by atoms with Gasteiger partial charge in [-0.05, 0) is 48.9 Å². The Hall–Kier alpha value is -2.76. The van der Waals surface area contributed by atoms with Crippen LogP contribution in [0.4, 0.5) is 5.13 Å². The molecule has 0 amide bonds. The molecule has 0 bridgehead atoms. The van der Waals surface area contributed by atoms with Gasteiger partial charge in [0.05, 0.1) is 21.4 Å². The fourth-order valence-electron chi connectivity index (χ4n) is 6.86. The molecule has 1 aromatic heterocycles. The molecule has 0 radical (unpaired) electrons. The summed E-state index contributed by atoms with van der Waals surface area (Å²) in [5, 5.41) is -0.102. The van der Waals surface area contributed by atoms with Gasteiger partial charge in [0.15, 0.2) is 0 Å². The number of carbonyl (C=O) groups is 1. The van der Waals surface area contributed by atoms with Crippen LogP contribution in [0.1, 0.15) is 50.1 Å². The van der Waals surface area contributed by atoms with Crippen molar-refractivity contribution in [3.63, 3.8) is 0 Å². The average molecular weight is 587 g/mol. The first-order chi connectivity index (χ1) is 18.4. The van der Waals surface area contributed by atoms with Crippen LogP contribution in [-0.4, -0.2) is 33.9 Å². The second-order valence-electron chi connectivity index (χ2n) is 11.2. The van der Waals surface area contributed by atoms with E-state index in [0.717, 1.165) is 29.1 Å². The van der Waals surface area contributed by atoms with Gasteiger partial charge in [-0.3, -0.25) is 4.79 Å². The lowest BCUT2D eigenvalue weighted by Crippen LogP contribution is -2.50. The lowest BCUT2D eigenvalue weighted by Gasteiger charge is -2.51. The van der Waals surface area contributed by atoms with Gasteiger partial charge >= 0.3 is 5.97 Å². The number of sulfonamides is 2. The molecule has 0 N–H and O–H groups in total. The largest absolute Gasteiger partial charge is 0.461 e. The lowest BCUT2D eigenvalue weighted by molar-refractivity contribution is -0.149. The summed E-state index contributed by atoms with van der Waals surface area (Å²) in [4.78, 5) is 17.8. The zero-order chi connectivity index (χ0) is 27.7. The van der Waals surface area contributed by atoms with E-state index in [2.05, 4.69) is 6.92 Å². The van der Waals surface area contributed by atoms with Gasteiger partial charge < -0.3 is 4.74 Å². The lowest BCUT2D eigenvalue weighted by atomic mass is 9.54. The Morgan fingerprint density at radius 1 is 0.923 bits per heavy atom. The molecule has 206 valence electrons. The van der Waals surface area contributed by atoms with Gasteiger partial charge in [0.25, 0.3) is 20.0 Å².